The summed E-state index contributed by atoms with van der Waals surface area (Å²) in [5.74, 6) is 0. The van der Waals surface area contributed by atoms with Crippen LogP contribution < -0.4 is 0 Å². The van der Waals surface area contributed by atoms with E-state index in [2.05, 4.69) is 26.2 Å². The molecule has 12 heavy (non-hydrogen) atoms. The Morgan fingerprint density at radius 1 is 1.17 bits per heavy atom. The largest absolute Gasteiger partial charge is 0.0991 e. The standard InChI is InChI=1S/C12H16/c1-5-8-10-12(9-6-2)11(4)7-3/h5-10H,1-2H2,3-4H3/b10-8-,11-7-,12-9-. The summed E-state index contributed by atoms with van der Waals surface area (Å²) in [6.45, 7) is 11.4. The molecule has 0 fully saturated rings. The van der Waals surface area contributed by atoms with E-state index in [1.165, 1.54) is 11.1 Å². The van der Waals surface area contributed by atoms with Crippen LogP contribution >= 0.6 is 0 Å². The fourth-order valence-corrected chi connectivity index (χ4v) is 0.784. The maximum absolute atomic E-state index is 3.66. The van der Waals surface area contributed by atoms with E-state index < -0.39 is 0 Å². The van der Waals surface area contributed by atoms with Crippen molar-refractivity contribution in [3.8, 4) is 0 Å². The molecule has 0 rings (SSSR count). The van der Waals surface area contributed by atoms with Gasteiger partial charge in [-0.3, -0.25) is 0 Å². The van der Waals surface area contributed by atoms with Gasteiger partial charge in [0.1, 0.15) is 0 Å². The normalized spacial score (nSPS) is 13.5. The molecule has 0 aliphatic rings. The van der Waals surface area contributed by atoms with E-state index in [0.29, 0.717) is 0 Å². The Morgan fingerprint density at radius 2 is 1.83 bits per heavy atom. The molecule has 0 unspecified atom stereocenters. The first-order valence-electron chi connectivity index (χ1n) is 4.01. The minimum Gasteiger partial charge on any atom is -0.0991 e. The lowest BCUT2D eigenvalue weighted by Crippen LogP contribution is -1.78. The van der Waals surface area contributed by atoms with Crippen LogP contribution in [0.15, 0.2) is 60.8 Å². The molecular weight excluding hydrogens is 144 g/mol. The van der Waals surface area contributed by atoms with E-state index in [1.54, 1.807) is 12.2 Å². The van der Waals surface area contributed by atoms with Crippen molar-refractivity contribution in [3.63, 3.8) is 0 Å². The summed E-state index contributed by atoms with van der Waals surface area (Å²) < 4.78 is 0. The van der Waals surface area contributed by atoms with E-state index in [1.807, 2.05) is 25.2 Å². The Kier molecular flexibility index (Phi) is 5.72. The van der Waals surface area contributed by atoms with Crippen LogP contribution in [0.3, 0.4) is 0 Å². The molecule has 0 radical (unpaired) electrons. The Bertz CT molecular complexity index is 237. The quantitative estimate of drug-likeness (QED) is 0.549. The maximum atomic E-state index is 3.66. The van der Waals surface area contributed by atoms with Crippen LogP contribution in [0.25, 0.3) is 0 Å². The molecule has 0 N–H and O–H groups in total. The van der Waals surface area contributed by atoms with Gasteiger partial charge in [-0.1, -0.05) is 49.6 Å². The molecule has 0 aromatic heterocycles. The van der Waals surface area contributed by atoms with Gasteiger partial charge in [0.05, 0.1) is 0 Å². The number of rotatable bonds is 4. The second-order valence-electron chi connectivity index (χ2n) is 2.42. The molecule has 0 aromatic carbocycles. The summed E-state index contributed by atoms with van der Waals surface area (Å²) in [6.07, 6.45) is 11.5. The average Bonchev–Trinajstić information content (AvgIpc) is 2.11. The second-order valence-corrected chi connectivity index (χ2v) is 2.42. The molecule has 0 amide bonds. The van der Waals surface area contributed by atoms with Crippen LogP contribution in [-0.4, -0.2) is 0 Å². The summed E-state index contributed by atoms with van der Waals surface area (Å²) in [5, 5.41) is 0. The monoisotopic (exact) mass is 160 g/mol. The summed E-state index contributed by atoms with van der Waals surface area (Å²) in [4.78, 5) is 0. The molecule has 0 aromatic rings. The fraction of sp³-hybridized carbons (Fsp3) is 0.167. The van der Waals surface area contributed by atoms with Crippen molar-refractivity contribution in [2.45, 2.75) is 13.8 Å². The van der Waals surface area contributed by atoms with Gasteiger partial charge >= 0.3 is 0 Å². The topological polar surface area (TPSA) is 0 Å². The highest BCUT2D eigenvalue weighted by molar-refractivity contribution is 5.40. The minimum absolute atomic E-state index is 1.17. The number of hydrogen-bond donors (Lipinski definition) is 0. The molecule has 0 aliphatic carbocycles. The van der Waals surface area contributed by atoms with E-state index in [-0.39, 0.29) is 0 Å². The van der Waals surface area contributed by atoms with Crippen LogP contribution in [0.5, 0.6) is 0 Å². The Balaban J connectivity index is 4.67. The highest BCUT2D eigenvalue weighted by Crippen LogP contribution is 2.10. The van der Waals surface area contributed by atoms with Gasteiger partial charge in [0.2, 0.25) is 0 Å². The molecule has 0 heteroatoms. The van der Waals surface area contributed by atoms with Crippen molar-refractivity contribution in [1.29, 1.82) is 0 Å². The zero-order chi connectivity index (χ0) is 9.40. The van der Waals surface area contributed by atoms with Gasteiger partial charge in [0, 0.05) is 0 Å². The first kappa shape index (κ1) is 10.7. The van der Waals surface area contributed by atoms with Gasteiger partial charge < -0.3 is 0 Å². The summed E-state index contributed by atoms with van der Waals surface area (Å²) >= 11 is 0. The predicted octanol–water partition coefficient (Wildman–Crippen LogP) is 3.81. The Hall–Kier alpha value is -1.30. The van der Waals surface area contributed by atoms with Crippen molar-refractivity contribution in [1.82, 2.24) is 0 Å². The Morgan fingerprint density at radius 3 is 2.25 bits per heavy atom. The van der Waals surface area contributed by atoms with Crippen molar-refractivity contribution >= 4 is 0 Å². The van der Waals surface area contributed by atoms with Gasteiger partial charge in [-0.2, -0.15) is 0 Å². The zero-order valence-electron chi connectivity index (χ0n) is 7.88. The van der Waals surface area contributed by atoms with Gasteiger partial charge in [-0.15, -0.1) is 0 Å². The maximum Gasteiger partial charge on any atom is -0.0231 e. The summed E-state index contributed by atoms with van der Waals surface area (Å²) in [7, 11) is 0. The first-order chi connectivity index (χ1) is 5.76. The third-order valence-corrected chi connectivity index (χ3v) is 1.60. The third-order valence-electron chi connectivity index (χ3n) is 1.60. The average molecular weight is 160 g/mol. The molecule has 0 nitrogen and oxygen atoms in total. The van der Waals surface area contributed by atoms with Gasteiger partial charge in [0.25, 0.3) is 0 Å². The van der Waals surface area contributed by atoms with Crippen molar-refractivity contribution in [2.75, 3.05) is 0 Å². The Labute approximate surface area is 75.3 Å². The summed E-state index contributed by atoms with van der Waals surface area (Å²) in [5.41, 5.74) is 2.42. The lowest BCUT2D eigenvalue weighted by atomic mass is 10.1. The third kappa shape index (κ3) is 3.77. The lowest BCUT2D eigenvalue weighted by molar-refractivity contribution is 1.40. The number of allylic oxidation sites excluding steroid dienone is 8. The van der Waals surface area contributed by atoms with E-state index in [9.17, 15) is 0 Å². The molecule has 0 atom stereocenters. The first-order valence-corrected chi connectivity index (χ1v) is 4.01. The smallest absolute Gasteiger partial charge is 0.0231 e. The van der Waals surface area contributed by atoms with E-state index in [0.717, 1.165) is 0 Å². The number of hydrogen-bond acceptors (Lipinski definition) is 0. The predicted molar refractivity (Wildman–Crippen MR) is 57.0 cm³/mol. The molecule has 0 aliphatic heterocycles. The van der Waals surface area contributed by atoms with Crippen LogP contribution in [0.4, 0.5) is 0 Å². The molecule has 0 spiro atoms. The SMILES string of the molecule is C=C\C=C/C(=C/C=C)C(/C)=C\C. The molecule has 0 heterocycles. The van der Waals surface area contributed by atoms with E-state index >= 15 is 0 Å². The zero-order valence-corrected chi connectivity index (χ0v) is 7.88. The fourth-order valence-electron chi connectivity index (χ4n) is 0.784. The van der Waals surface area contributed by atoms with Crippen LogP contribution in [-0.2, 0) is 0 Å². The minimum atomic E-state index is 1.17. The van der Waals surface area contributed by atoms with Crippen molar-refractivity contribution in [2.24, 2.45) is 0 Å². The van der Waals surface area contributed by atoms with Crippen molar-refractivity contribution in [3.05, 3.63) is 60.8 Å². The van der Waals surface area contributed by atoms with Crippen LogP contribution in [0.1, 0.15) is 13.8 Å². The molecular formula is C12H16. The molecule has 0 saturated heterocycles. The highest BCUT2D eigenvalue weighted by Gasteiger charge is 1.90. The van der Waals surface area contributed by atoms with Gasteiger partial charge in [-0.05, 0) is 25.0 Å². The molecule has 64 valence electrons. The van der Waals surface area contributed by atoms with E-state index in [4.69, 9.17) is 0 Å². The lowest BCUT2D eigenvalue weighted by Gasteiger charge is -1.98. The molecule has 0 saturated carbocycles. The van der Waals surface area contributed by atoms with Crippen molar-refractivity contribution < 1.29 is 0 Å². The van der Waals surface area contributed by atoms with Crippen LogP contribution in [0.2, 0.25) is 0 Å². The van der Waals surface area contributed by atoms with Gasteiger partial charge in [0.15, 0.2) is 0 Å². The summed E-state index contributed by atoms with van der Waals surface area (Å²) in [6, 6.07) is 0. The van der Waals surface area contributed by atoms with Gasteiger partial charge in [-0.25, -0.2) is 0 Å². The molecule has 0 bridgehead atoms. The second kappa shape index (κ2) is 6.41. The highest BCUT2D eigenvalue weighted by atomic mass is 14.0. The van der Waals surface area contributed by atoms with Crippen LogP contribution in [0, 0.1) is 0 Å².